The maximum Gasteiger partial charge on any atom is 0.310 e. The van der Waals surface area contributed by atoms with E-state index in [1.807, 2.05) is 0 Å². The number of fused-ring (bicyclic) bond motifs is 2. The summed E-state index contributed by atoms with van der Waals surface area (Å²) in [5.41, 5.74) is 4.53. The Kier molecular flexibility index (Phi) is 9.68. The van der Waals surface area contributed by atoms with Gasteiger partial charge in [-0.1, -0.05) is 58.2 Å². The standard InChI is InChI=1S/C33H47ClN2O2/c1-6-8-28(32(37)38-5)30(9-7-2)35-26-11-13-27(14-12-26)36-31-15-10-25(19-29(31)34)33(4)20-23-16-22(3)17-24(18-23)21-33/h10-15,19,22-24,28,30,35-36H,6-9,16-18,20-21H2,1-5H3. The zero-order valence-corrected chi connectivity index (χ0v) is 24.7. The van der Waals surface area contributed by atoms with E-state index in [9.17, 15) is 4.79 Å². The van der Waals surface area contributed by atoms with Crippen molar-refractivity contribution in [2.45, 2.75) is 96.9 Å². The Bertz CT molecular complexity index is 1050. The molecule has 4 unspecified atom stereocenters. The Labute approximate surface area is 235 Å². The molecule has 2 bridgehead atoms. The van der Waals surface area contributed by atoms with Crippen LogP contribution in [0.25, 0.3) is 0 Å². The van der Waals surface area contributed by atoms with Crippen LogP contribution in [0, 0.1) is 23.7 Å². The summed E-state index contributed by atoms with van der Waals surface area (Å²) in [6.45, 7) is 9.14. The fourth-order valence-corrected chi connectivity index (χ4v) is 7.69. The van der Waals surface area contributed by atoms with Crippen molar-refractivity contribution in [1.82, 2.24) is 0 Å². The van der Waals surface area contributed by atoms with Crippen molar-refractivity contribution in [2.75, 3.05) is 17.7 Å². The molecule has 4 rings (SSSR count). The van der Waals surface area contributed by atoms with Gasteiger partial charge in [0.1, 0.15) is 0 Å². The van der Waals surface area contributed by atoms with E-state index in [1.165, 1.54) is 44.8 Å². The average Bonchev–Trinajstić information content (AvgIpc) is 2.88. The van der Waals surface area contributed by atoms with Crippen LogP contribution >= 0.6 is 11.6 Å². The van der Waals surface area contributed by atoms with E-state index in [0.29, 0.717) is 0 Å². The first-order chi connectivity index (χ1) is 18.2. The highest BCUT2D eigenvalue weighted by molar-refractivity contribution is 6.33. The Morgan fingerprint density at radius 2 is 1.63 bits per heavy atom. The van der Waals surface area contributed by atoms with Crippen molar-refractivity contribution in [1.29, 1.82) is 0 Å². The molecule has 5 heteroatoms. The number of rotatable bonds is 11. The summed E-state index contributed by atoms with van der Waals surface area (Å²) < 4.78 is 5.10. The molecule has 2 aliphatic rings. The van der Waals surface area contributed by atoms with Crippen molar-refractivity contribution < 1.29 is 9.53 Å². The minimum absolute atomic E-state index is 0.0529. The third-order valence-corrected chi connectivity index (χ3v) is 9.30. The van der Waals surface area contributed by atoms with Crippen molar-refractivity contribution in [3.05, 3.63) is 53.1 Å². The van der Waals surface area contributed by atoms with Crippen LogP contribution in [0.4, 0.5) is 17.1 Å². The van der Waals surface area contributed by atoms with Gasteiger partial charge >= 0.3 is 5.97 Å². The zero-order chi connectivity index (χ0) is 27.3. The van der Waals surface area contributed by atoms with Crippen LogP contribution in [0.2, 0.25) is 5.02 Å². The van der Waals surface area contributed by atoms with Crippen molar-refractivity contribution in [3.63, 3.8) is 0 Å². The predicted octanol–water partition coefficient (Wildman–Crippen LogP) is 9.36. The molecule has 2 saturated carbocycles. The van der Waals surface area contributed by atoms with Gasteiger partial charge in [-0.25, -0.2) is 0 Å². The lowest BCUT2D eigenvalue weighted by Gasteiger charge is -2.47. The van der Waals surface area contributed by atoms with Gasteiger partial charge in [-0.15, -0.1) is 0 Å². The van der Waals surface area contributed by atoms with Gasteiger partial charge in [0.05, 0.1) is 23.7 Å². The maximum absolute atomic E-state index is 12.4. The lowest BCUT2D eigenvalue weighted by molar-refractivity contribution is -0.146. The normalized spacial score (nSPS) is 26.3. The van der Waals surface area contributed by atoms with Crippen LogP contribution in [0.5, 0.6) is 0 Å². The van der Waals surface area contributed by atoms with Gasteiger partial charge in [0.15, 0.2) is 0 Å². The highest BCUT2D eigenvalue weighted by Crippen LogP contribution is 2.51. The van der Waals surface area contributed by atoms with E-state index >= 15 is 0 Å². The van der Waals surface area contributed by atoms with E-state index in [4.69, 9.17) is 16.3 Å². The Balaban J connectivity index is 1.42. The molecule has 2 fully saturated rings. The number of ether oxygens (including phenoxy) is 1. The Morgan fingerprint density at radius 3 is 2.21 bits per heavy atom. The lowest BCUT2D eigenvalue weighted by Crippen LogP contribution is -2.38. The maximum atomic E-state index is 12.4. The molecule has 0 heterocycles. The summed E-state index contributed by atoms with van der Waals surface area (Å²) in [4.78, 5) is 12.4. The van der Waals surface area contributed by atoms with Gasteiger partial charge in [-0.05, 0) is 110 Å². The monoisotopic (exact) mass is 538 g/mol. The van der Waals surface area contributed by atoms with E-state index in [2.05, 4.69) is 80.8 Å². The molecule has 0 aromatic heterocycles. The second kappa shape index (κ2) is 12.8. The van der Waals surface area contributed by atoms with Crippen LogP contribution in [0.1, 0.15) is 91.0 Å². The topological polar surface area (TPSA) is 50.4 Å². The molecular formula is C33H47ClN2O2. The molecule has 0 amide bonds. The predicted molar refractivity (Wildman–Crippen MR) is 160 cm³/mol. The number of benzene rings is 2. The number of hydrogen-bond acceptors (Lipinski definition) is 4. The number of nitrogens with one attached hydrogen (secondary N) is 2. The second-order valence-electron chi connectivity index (χ2n) is 12.4. The highest BCUT2D eigenvalue weighted by atomic mass is 35.5. The van der Waals surface area contributed by atoms with Crippen molar-refractivity contribution in [2.24, 2.45) is 23.7 Å². The van der Waals surface area contributed by atoms with Gasteiger partial charge in [-0.2, -0.15) is 0 Å². The van der Waals surface area contributed by atoms with Crippen LogP contribution in [-0.4, -0.2) is 19.1 Å². The SMILES string of the molecule is CCCC(Nc1ccc(Nc2ccc(C3(C)CC4CC(C)CC(C4)C3)cc2Cl)cc1)C(CCC)C(=O)OC. The fraction of sp³-hybridized carbons (Fsp3) is 0.606. The third kappa shape index (κ3) is 6.86. The van der Waals surface area contributed by atoms with Crippen molar-refractivity contribution in [3.8, 4) is 0 Å². The first kappa shape index (κ1) is 28.8. The molecule has 4 atom stereocenters. The Hall–Kier alpha value is -2.20. The summed E-state index contributed by atoms with van der Waals surface area (Å²) in [7, 11) is 1.48. The van der Waals surface area contributed by atoms with Gasteiger partial charge < -0.3 is 15.4 Å². The number of anilines is 3. The molecule has 2 aromatic carbocycles. The highest BCUT2D eigenvalue weighted by Gasteiger charge is 2.42. The molecule has 2 N–H and O–H groups in total. The quantitative estimate of drug-likeness (QED) is 0.280. The number of carbonyl (C=O) groups is 1. The van der Waals surface area contributed by atoms with Gasteiger partial charge in [0.25, 0.3) is 0 Å². The molecule has 0 radical (unpaired) electrons. The van der Waals surface area contributed by atoms with E-state index in [-0.39, 0.29) is 23.3 Å². The third-order valence-electron chi connectivity index (χ3n) is 8.99. The van der Waals surface area contributed by atoms with Gasteiger partial charge in [0.2, 0.25) is 0 Å². The molecule has 2 aromatic rings. The molecule has 4 nitrogen and oxygen atoms in total. The molecule has 0 saturated heterocycles. The summed E-state index contributed by atoms with van der Waals surface area (Å²) in [5, 5.41) is 7.87. The van der Waals surface area contributed by atoms with E-state index in [1.54, 1.807) is 0 Å². The fourth-order valence-electron chi connectivity index (χ4n) is 7.47. The molecule has 0 aliphatic heterocycles. The average molecular weight is 539 g/mol. The Morgan fingerprint density at radius 1 is 1.00 bits per heavy atom. The number of esters is 1. The smallest absolute Gasteiger partial charge is 0.310 e. The number of hydrogen-bond donors (Lipinski definition) is 2. The minimum atomic E-state index is -0.144. The first-order valence-electron chi connectivity index (χ1n) is 14.8. The molecule has 208 valence electrons. The minimum Gasteiger partial charge on any atom is -0.469 e. The van der Waals surface area contributed by atoms with Crippen molar-refractivity contribution >= 4 is 34.6 Å². The summed E-state index contributed by atoms with van der Waals surface area (Å²) in [5.74, 6) is 2.31. The number of methoxy groups -OCH3 is 1. The summed E-state index contributed by atoms with van der Waals surface area (Å²) >= 11 is 6.83. The summed E-state index contributed by atoms with van der Waals surface area (Å²) in [6.07, 6.45) is 10.4. The summed E-state index contributed by atoms with van der Waals surface area (Å²) in [6, 6.07) is 14.9. The van der Waals surface area contributed by atoms with Crippen LogP contribution in [0.3, 0.4) is 0 Å². The number of carbonyl (C=O) groups excluding carboxylic acids is 1. The zero-order valence-electron chi connectivity index (χ0n) is 24.0. The second-order valence-corrected chi connectivity index (χ2v) is 12.8. The molecule has 0 spiro atoms. The van der Waals surface area contributed by atoms with Crippen LogP contribution in [-0.2, 0) is 14.9 Å². The first-order valence-corrected chi connectivity index (χ1v) is 15.1. The van der Waals surface area contributed by atoms with Crippen LogP contribution in [0.15, 0.2) is 42.5 Å². The van der Waals surface area contributed by atoms with E-state index < -0.39 is 0 Å². The lowest BCUT2D eigenvalue weighted by atomic mass is 9.57. The van der Waals surface area contributed by atoms with Gasteiger partial charge in [0, 0.05) is 17.4 Å². The van der Waals surface area contributed by atoms with Gasteiger partial charge in [-0.3, -0.25) is 4.79 Å². The van der Waals surface area contributed by atoms with E-state index in [0.717, 1.165) is 65.5 Å². The molecular weight excluding hydrogens is 492 g/mol. The van der Waals surface area contributed by atoms with Crippen LogP contribution < -0.4 is 10.6 Å². The molecule has 38 heavy (non-hydrogen) atoms. The largest absolute Gasteiger partial charge is 0.469 e. The number of halogens is 1. The molecule has 2 aliphatic carbocycles.